The molecule has 9 fully saturated rings. The first-order valence-electron chi connectivity index (χ1n) is 26.5. The summed E-state index contributed by atoms with van der Waals surface area (Å²) in [6, 6.07) is 0. The molecule has 0 aromatic carbocycles. The highest BCUT2D eigenvalue weighted by Gasteiger charge is 2.62. The van der Waals surface area contributed by atoms with Gasteiger partial charge in [0.1, 0.15) is 0 Å². The summed E-state index contributed by atoms with van der Waals surface area (Å²) in [5.41, 5.74) is 6.52. The lowest BCUT2D eigenvalue weighted by molar-refractivity contribution is -0.140. The topological polar surface area (TPSA) is 224 Å². The third-order valence-electron chi connectivity index (χ3n) is 19.6. The number of hydrogen-bond acceptors (Lipinski definition) is 12. The van der Waals surface area contributed by atoms with Crippen molar-refractivity contribution in [3.8, 4) is 0 Å². The number of fused-ring (bicyclic) bond motifs is 12. The third-order valence-corrected chi connectivity index (χ3v) is 19.6. The molecular weight excluding hydrogens is 961 g/mol. The molecule has 15 atom stereocenters. The molecule has 0 unspecified atom stereocenters. The Bertz CT molecular complexity index is 2600. The van der Waals surface area contributed by atoms with E-state index in [1.54, 1.807) is 21.1 Å². The second-order valence-electron chi connectivity index (χ2n) is 22.9. The van der Waals surface area contributed by atoms with Crippen molar-refractivity contribution in [2.24, 2.45) is 88.8 Å². The number of hydrogen-bond donors (Lipinski definition) is 0. The highest BCUT2D eigenvalue weighted by atomic mass is 16.2. The van der Waals surface area contributed by atoms with Crippen molar-refractivity contribution in [3.05, 3.63) is 69.9 Å². The Kier molecular flexibility index (Phi) is 13.0. The number of nitrogens with zero attached hydrogens (tertiary/aromatic N) is 6. The summed E-state index contributed by atoms with van der Waals surface area (Å²) in [6.45, 7) is 5.77. The first-order valence-corrected chi connectivity index (χ1v) is 26.5. The zero-order valence-electron chi connectivity index (χ0n) is 44.1. The number of rotatable bonds is 3. The fourth-order valence-corrected chi connectivity index (χ4v) is 15.9. The first-order chi connectivity index (χ1) is 35.6. The number of carbonyl (C=O) groups excluding carboxylic acids is 12. The fourth-order valence-electron chi connectivity index (χ4n) is 15.9. The molecule has 18 heteroatoms. The summed E-state index contributed by atoms with van der Waals surface area (Å²) in [6.07, 6.45) is 16.5. The second-order valence-corrected chi connectivity index (χ2v) is 22.9. The van der Waals surface area contributed by atoms with E-state index in [1.807, 2.05) is 57.2 Å². The van der Waals surface area contributed by atoms with Crippen LogP contribution in [0, 0.1) is 88.8 Å². The molecule has 18 nitrogen and oxygen atoms in total. The van der Waals surface area contributed by atoms with Crippen LogP contribution in [0.25, 0.3) is 0 Å². The van der Waals surface area contributed by atoms with Gasteiger partial charge in [-0.05, 0) is 113 Å². The third kappa shape index (κ3) is 7.60. The van der Waals surface area contributed by atoms with E-state index in [0.29, 0.717) is 57.8 Å². The Morgan fingerprint density at radius 2 is 0.467 bits per heavy atom. The van der Waals surface area contributed by atoms with Gasteiger partial charge < -0.3 is 0 Å². The lowest BCUT2D eigenvalue weighted by atomic mass is 9.60. The van der Waals surface area contributed by atoms with E-state index in [0.717, 1.165) is 33.4 Å². The summed E-state index contributed by atoms with van der Waals surface area (Å²) in [4.78, 5) is 158. The summed E-state index contributed by atoms with van der Waals surface area (Å²) in [5.74, 6) is -6.06. The molecule has 12 rings (SSSR count). The molecule has 12 aliphatic rings. The van der Waals surface area contributed by atoms with Crippen LogP contribution in [-0.2, 0) is 57.5 Å². The van der Waals surface area contributed by atoms with Crippen molar-refractivity contribution in [1.29, 1.82) is 0 Å². The Morgan fingerprint density at radius 3 is 0.693 bits per heavy atom. The van der Waals surface area contributed by atoms with Gasteiger partial charge in [0.05, 0.1) is 71.0 Å². The minimum Gasteiger partial charge on any atom is -0.285 e. The standard InChI is InChI=1S/3C19H22N2O4/c3*1-4-5-9-6-14-15(19(25)21(3)18(14)24)11-8-13-12(7-10(9)11)16(22)20(2)17(13)23/h3*4-5,11-15H,6-8H2,1-3H3/b3*5-4-/t3*11-,12+,13-,14+,15-/m111/s1. The average molecular weight is 1030 g/mol. The van der Waals surface area contributed by atoms with Gasteiger partial charge in [-0.25, -0.2) is 0 Å². The molecule has 6 heterocycles. The molecule has 3 saturated carbocycles. The molecule has 0 N–H and O–H groups in total. The second kappa shape index (κ2) is 18.8. The van der Waals surface area contributed by atoms with E-state index >= 15 is 0 Å². The Balaban J connectivity index is 0.000000128. The van der Waals surface area contributed by atoms with Crippen LogP contribution in [0.4, 0.5) is 0 Å². The number of carbonyl (C=O) groups is 12. The van der Waals surface area contributed by atoms with Gasteiger partial charge in [-0.3, -0.25) is 86.9 Å². The van der Waals surface area contributed by atoms with E-state index in [1.165, 1.54) is 50.5 Å². The predicted octanol–water partition coefficient (Wildman–Crippen LogP) is 3.40. The van der Waals surface area contributed by atoms with Gasteiger partial charge in [-0.1, -0.05) is 53.2 Å². The first kappa shape index (κ1) is 51.8. The minimum absolute atomic E-state index is 0.115. The smallest absolute Gasteiger partial charge is 0.233 e. The maximum Gasteiger partial charge on any atom is 0.233 e. The summed E-state index contributed by atoms with van der Waals surface area (Å²) >= 11 is 0. The predicted molar refractivity (Wildman–Crippen MR) is 266 cm³/mol. The molecule has 75 heavy (non-hydrogen) atoms. The van der Waals surface area contributed by atoms with Gasteiger partial charge in [-0.15, -0.1) is 0 Å². The molecule has 6 saturated heterocycles. The normalized spacial score (nSPS) is 38.0. The molecule has 6 aliphatic carbocycles. The van der Waals surface area contributed by atoms with E-state index in [2.05, 4.69) is 0 Å². The van der Waals surface area contributed by atoms with Gasteiger partial charge in [-0.2, -0.15) is 0 Å². The van der Waals surface area contributed by atoms with Gasteiger partial charge in [0.25, 0.3) is 0 Å². The van der Waals surface area contributed by atoms with Crippen LogP contribution in [0.1, 0.15) is 78.6 Å². The van der Waals surface area contributed by atoms with Crippen LogP contribution >= 0.6 is 0 Å². The van der Waals surface area contributed by atoms with Crippen molar-refractivity contribution < 1.29 is 57.5 Å². The minimum atomic E-state index is -0.378. The lowest BCUT2D eigenvalue weighted by Crippen LogP contribution is -2.40. The van der Waals surface area contributed by atoms with Crippen molar-refractivity contribution >= 4 is 70.9 Å². The molecule has 0 aromatic heterocycles. The summed E-state index contributed by atoms with van der Waals surface area (Å²) in [7, 11) is 9.24. The molecule has 0 aromatic rings. The van der Waals surface area contributed by atoms with Crippen LogP contribution in [-0.4, -0.2) is 143 Å². The van der Waals surface area contributed by atoms with Gasteiger partial charge >= 0.3 is 0 Å². The van der Waals surface area contributed by atoms with E-state index in [-0.39, 0.29) is 160 Å². The molecule has 0 radical (unpaired) electrons. The van der Waals surface area contributed by atoms with Gasteiger partial charge in [0.2, 0.25) is 70.9 Å². The Morgan fingerprint density at radius 1 is 0.267 bits per heavy atom. The lowest BCUT2D eigenvalue weighted by Gasteiger charge is -2.40. The van der Waals surface area contributed by atoms with E-state index in [9.17, 15) is 57.5 Å². The van der Waals surface area contributed by atoms with Crippen LogP contribution in [0.3, 0.4) is 0 Å². The number of likely N-dealkylation sites (tertiary alicyclic amines) is 6. The SMILES string of the molecule is C/C=C\C1=C2C[C@@H]3C(=O)N(C)C(=O)[C@@H]3C[C@H]2[C@H]2C(=O)N(C)C(=O)[C@H]2C1.C/C=C\C1=C2C[C@@H]3C(=O)N(C)C(=O)[C@@H]3C[C@H]2[C@H]2C(=O)N(C)C(=O)[C@H]2C1.C/C=C\C1=C2C[C@@H]3C(=O)N(C)C(=O)[C@@H]3C[C@H]2[C@H]2C(=O)N(C)C(=O)[C@H]2C1. The monoisotopic (exact) mass is 1030 g/mol. The van der Waals surface area contributed by atoms with E-state index in [4.69, 9.17) is 0 Å². The van der Waals surface area contributed by atoms with Gasteiger partial charge in [0.15, 0.2) is 0 Å². The van der Waals surface area contributed by atoms with Crippen LogP contribution < -0.4 is 0 Å². The Hall–Kier alpha value is -6.72. The highest BCUT2D eigenvalue weighted by molar-refractivity contribution is 6.10. The van der Waals surface area contributed by atoms with Crippen molar-refractivity contribution in [2.45, 2.75) is 78.6 Å². The van der Waals surface area contributed by atoms with Crippen molar-refractivity contribution in [2.75, 3.05) is 42.3 Å². The van der Waals surface area contributed by atoms with Gasteiger partial charge in [0, 0.05) is 42.3 Å². The molecule has 12 amide bonds. The summed E-state index contributed by atoms with van der Waals surface area (Å²) < 4.78 is 0. The molecule has 0 spiro atoms. The summed E-state index contributed by atoms with van der Waals surface area (Å²) in [5, 5.41) is 0. The average Bonchev–Trinajstić information content (AvgIpc) is 4.07. The van der Waals surface area contributed by atoms with Crippen molar-refractivity contribution in [1.82, 2.24) is 29.4 Å². The number of allylic oxidation sites excluding steroid dienone is 12. The van der Waals surface area contributed by atoms with Crippen molar-refractivity contribution in [3.63, 3.8) is 0 Å². The number of imide groups is 6. The maximum atomic E-state index is 12.7. The largest absolute Gasteiger partial charge is 0.285 e. The zero-order valence-corrected chi connectivity index (χ0v) is 44.1. The fraction of sp³-hybridized carbons (Fsp3) is 0.579. The Labute approximate surface area is 435 Å². The van der Waals surface area contributed by atoms with Crippen LogP contribution in [0.15, 0.2) is 69.9 Å². The molecule has 396 valence electrons. The molecule has 0 bridgehead atoms. The maximum absolute atomic E-state index is 12.7. The zero-order chi connectivity index (χ0) is 54.1. The van der Waals surface area contributed by atoms with Crippen LogP contribution in [0.2, 0.25) is 0 Å². The molecule has 6 aliphatic heterocycles. The molecular formula is C57H66N6O12. The highest BCUT2D eigenvalue weighted by Crippen LogP contribution is 2.57. The van der Waals surface area contributed by atoms with Crippen LogP contribution in [0.5, 0.6) is 0 Å². The number of amides is 12. The quantitative estimate of drug-likeness (QED) is 0.371. The van der Waals surface area contributed by atoms with E-state index < -0.39 is 0 Å².